The molecule has 0 aromatic heterocycles. The van der Waals surface area contributed by atoms with Crippen LogP contribution in [0, 0.1) is 0 Å². The molecule has 0 radical (unpaired) electrons. The van der Waals surface area contributed by atoms with Gasteiger partial charge in [0.25, 0.3) is 0 Å². The Kier molecular flexibility index (Phi) is 3.91. The standard InChI is InChI=1S/C12H17N3O5/c1-7(16)13-8(12(19)20)5-14-6-10(17)15-4-2-3-9(15)11(14)18/h8-9H,2-6H2,1H3,(H,13,16)(H,19,20). The number of carbonyl (C=O) groups excluding carboxylic acids is 3. The highest BCUT2D eigenvalue weighted by Crippen LogP contribution is 2.23. The normalized spacial score (nSPS) is 23.6. The topological polar surface area (TPSA) is 107 Å². The third-order valence-corrected chi connectivity index (χ3v) is 3.57. The number of amides is 3. The molecule has 2 saturated heterocycles. The molecule has 0 bridgehead atoms. The number of fused-ring (bicyclic) bond motifs is 1. The van der Waals surface area contributed by atoms with E-state index in [1.54, 1.807) is 4.90 Å². The first-order chi connectivity index (χ1) is 9.40. The molecule has 20 heavy (non-hydrogen) atoms. The van der Waals surface area contributed by atoms with Crippen molar-refractivity contribution in [2.24, 2.45) is 0 Å². The number of hydrogen-bond acceptors (Lipinski definition) is 4. The monoisotopic (exact) mass is 283 g/mol. The number of hydrogen-bond donors (Lipinski definition) is 2. The maximum absolute atomic E-state index is 12.2. The highest BCUT2D eigenvalue weighted by molar-refractivity contribution is 5.95. The highest BCUT2D eigenvalue weighted by atomic mass is 16.4. The van der Waals surface area contributed by atoms with E-state index in [9.17, 15) is 19.2 Å². The molecule has 0 aliphatic carbocycles. The second kappa shape index (κ2) is 5.48. The second-order valence-electron chi connectivity index (χ2n) is 5.06. The Morgan fingerprint density at radius 2 is 2.15 bits per heavy atom. The number of nitrogens with zero attached hydrogens (tertiary/aromatic N) is 2. The van der Waals surface area contributed by atoms with E-state index in [0.717, 1.165) is 6.42 Å². The number of rotatable bonds is 4. The van der Waals surface area contributed by atoms with Gasteiger partial charge in [0, 0.05) is 13.5 Å². The van der Waals surface area contributed by atoms with Crippen molar-refractivity contribution in [1.82, 2.24) is 15.1 Å². The maximum atomic E-state index is 12.2. The maximum Gasteiger partial charge on any atom is 0.328 e. The zero-order valence-electron chi connectivity index (χ0n) is 11.2. The molecule has 2 aliphatic heterocycles. The number of carbonyl (C=O) groups is 4. The van der Waals surface area contributed by atoms with Gasteiger partial charge in [0.2, 0.25) is 17.7 Å². The number of carboxylic acid groups (broad SMARTS) is 1. The van der Waals surface area contributed by atoms with Crippen LogP contribution in [0.3, 0.4) is 0 Å². The van der Waals surface area contributed by atoms with Crippen molar-refractivity contribution in [3.8, 4) is 0 Å². The minimum atomic E-state index is -1.23. The van der Waals surface area contributed by atoms with Gasteiger partial charge >= 0.3 is 5.97 Å². The van der Waals surface area contributed by atoms with Gasteiger partial charge in [0.1, 0.15) is 12.1 Å². The first-order valence-corrected chi connectivity index (χ1v) is 6.48. The Balaban J connectivity index is 2.07. The van der Waals surface area contributed by atoms with Gasteiger partial charge in [0.15, 0.2) is 0 Å². The van der Waals surface area contributed by atoms with Crippen LogP contribution >= 0.6 is 0 Å². The zero-order chi connectivity index (χ0) is 14.9. The summed E-state index contributed by atoms with van der Waals surface area (Å²) in [5, 5.41) is 11.3. The van der Waals surface area contributed by atoms with E-state index < -0.39 is 24.0 Å². The van der Waals surface area contributed by atoms with Gasteiger partial charge in [-0.15, -0.1) is 0 Å². The lowest BCUT2D eigenvalue weighted by molar-refractivity contribution is -0.155. The number of carboxylic acids is 1. The fourth-order valence-electron chi connectivity index (χ4n) is 2.67. The van der Waals surface area contributed by atoms with Gasteiger partial charge in [-0.25, -0.2) is 4.79 Å². The summed E-state index contributed by atoms with van der Waals surface area (Å²) >= 11 is 0. The van der Waals surface area contributed by atoms with Crippen molar-refractivity contribution in [2.45, 2.75) is 31.8 Å². The van der Waals surface area contributed by atoms with Crippen molar-refractivity contribution in [1.29, 1.82) is 0 Å². The van der Waals surface area contributed by atoms with Crippen molar-refractivity contribution in [3.05, 3.63) is 0 Å². The number of aliphatic carboxylic acids is 1. The number of nitrogens with one attached hydrogen (secondary N) is 1. The summed E-state index contributed by atoms with van der Waals surface area (Å²) < 4.78 is 0. The molecule has 2 heterocycles. The fraction of sp³-hybridized carbons (Fsp3) is 0.667. The van der Waals surface area contributed by atoms with Crippen LogP contribution in [0.2, 0.25) is 0 Å². The number of piperazine rings is 1. The molecule has 2 rings (SSSR count). The predicted octanol–water partition coefficient (Wildman–Crippen LogP) is -1.59. The van der Waals surface area contributed by atoms with E-state index in [2.05, 4.69) is 5.32 Å². The zero-order valence-corrected chi connectivity index (χ0v) is 11.2. The molecule has 0 aromatic carbocycles. The summed E-state index contributed by atoms with van der Waals surface area (Å²) in [6, 6.07) is -1.67. The Hall–Kier alpha value is -2.12. The fourth-order valence-corrected chi connectivity index (χ4v) is 2.67. The molecule has 2 atom stereocenters. The molecule has 8 nitrogen and oxygen atoms in total. The first kappa shape index (κ1) is 14.3. The van der Waals surface area contributed by atoms with Crippen LogP contribution in [0.4, 0.5) is 0 Å². The summed E-state index contributed by atoms with van der Waals surface area (Å²) in [5.74, 6) is -2.12. The predicted molar refractivity (Wildman–Crippen MR) is 66.6 cm³/mol. The van der Waals surface area contributed by atoms with E-state index in [-0.39, 0.29) is 24.9 Å². The van der Waals surface area contributed by atoms with Crippen molar-refractivity contribution in [2.75, 3.05) is 19.6 Å². The first-order valence-electron chi connectivity index (χ1n) is 6.48. The highest BCUT2D eigenvalue weighted by Gasteiger charge is 2.42. The molecule has 0 aromatic rings. The third kappa shape index (κ3) is 2.73. The molecule has 110 valence electrons. The van der Waals surface area contributed by atoms with Gasteiger partial charge < -0.3 is 20.2 Å². The van der Waals surface area contributed by atoms with E-state index >= 15 is 0 Å². The van der Waals surface area contributed by atoms with Gasteiger partial charge in [-0.1, -0.05) is 0 Å². The molecule has 3 amide bonds. The minimum Gasteiger partial charge on any atom is -0.480 e. The largest absolute Gasteiger partial charge is 0.480 e. The van der Waals surface area contributed by atoms with Crippen LogP contribution < -0.4 is 5.32 Å². The van der Waals surface area contributed by atoms with Crippen LogP contribution in [0.25, 0.3) is 0 Å². The van der Waals surface area contributed by atoms with Crippen LogP contribution in [-0.2, 0) is 19.2 Å². The molecular weight excluding hydrogens is 266 g/mol. The molecule has 2 unspecified atom stereocenters. The molecule has 0 spiro atoms. The van der Waals surface area contributed by atoms with Gasteiger partial charge in [0.05, 0.1) is 13.1 Å². The average molecular weight is 283 g/mol. The minimum absolute atomic E-state index is 0.126. The van der Waals surface area contributed by atoms with Crippen LogP contribution in [-0.4, -0.2) is 70.3 Å². The summed E-state index contributed by atoms with van der Waals surface area (Å²) in [6.45, 7) is 1.47. The molecule has 0 saturated carbocycles. The Morgan fingerprint density at radius 3 is 2.75 bits per heavy atom. The van der Waals surface area contributed by atoms with E-state index in [1.165, 1.54) is 11.8 Å². The Labute approximate surface area is 115 Å². The van der Waals surface area contributed by atoms with Crippen molar-refractivity contribution in [3.63, 3.8) is 0 Å². The van der Waals surface area contributed by atoms with Crippen molar-refractivity contribution < 1.29 is 24.3 Å². The molecule has 2 fully saturated rings. The second-order valence-corrected chi connectivity index (χ2v) is 5.06. The molecular formula is C12H17N3O5. The molecule has 8 heteroatoms. The third-order valence-electron chi connectivity index (χ3n) is 3.57. The van der Waals surface area contributed by atoms with Crippen LogP contribution in [0.5, 0.6) is 0 Å². The average Bonchev–Trinajstić information content (AvgIpc) is 2.83. The lowest BCUT2D eigenvalue weighted by Crippen LogP contribution is -2.60. The van der Waals surface area contributed by atoms with Gasteiger partial charge in [-0.05, 0) is 12.8 Å². The van der Waals surface area contributed by atoms with Crippen LogP contribution in [0.1, 0.15) is 19.8 Å². The SMILES string of the molecule is CC(=O)NC(CN1CC(=O)N2CCCC2C1=O)C(=O)O. The summed E-state index contributed by atoms with van der Waals surface area (Å²) in [6.07, 6.45) is 1.39. The van der Waals surface area contributed by atoms with E-state index in [0.29, 0.717) is 13.0 Å². The van der Waals surface area contributed by atoms with Gasteiger partial charge in [-0.3, -0.25) is 14.4 Å². The van der Waals surface area contributed by atoms with Gasteiger partial charge in [-0.2, -0.15) is 0 Å². The summed E-state index contributed by atoms with van der Waals surface area (Å²) in [4.78, 5) is 49.0. The smallest absolute Gasteiger partial charge is 0.328 e. The lowest BCUT2D eigenvalue weighted by Gasteiger charge is -2.37. The summed E-state index contributed by atoms with van der Waals surface area (Å²) in [7, 11) is 0. The quantitative estimate of drug-likeness (QED) is 0.647. The summed E-state index contributed by atoms with van der Waals surface area (Å²) in [5.41, 5.74) is 0. The lowest BCUT2D eigenvalue weighted by atomic mass is 10.1. The molecule has 2 aliphatic rings. The molecule has 2 N–H and O–H groups in total. The van der Waals surface area contributed by atoms with E-state index in [1.807, 2.05) is 0 Å². The Morgan fingerprint density at radius 1 is 1.45 bits per heavy atom. The van der Waals surface area contributed by atoms with E-state index in [4.69, 9.17) is 5.11 Å². The van der Waals surface area contributed by atoms with Crippen molar-refractivity contribution >= 4 is 23.7 Å². The van der Waals surface area contributed by atoms with Crippen LogP contribution in [0.15, 0.2) is 0 Å². The Bertz CT molecular complexity index is 464.